The van der Waals surface area contributed by atoms with Crippen LogP contribution in [0.5, 0.6) is 5.75 Å². The van der Waals surface area contributed by atoms with E-state index in [0.29, 0.717) is 32.7 Å². The summed E-state index contributed by atoms with van der Waals surface area (Å²) in [5, 5.41) is 0. The van der Waals surface area contributed by atoms with Crippen molar-refractivity contribution in [1.82, 2.24) is 4.90 Å². The van der Waals surface area contributed by atoms with Crippen molar-refractivity contribution in [3.8, 4) is 5.75 Å². The SMILES string of the molecule is COc1c(C)cc(C)cc1CC(=O)N1CCOCC1. The van der Waals surface area contributed by atoms with Gasteiger partial charge in [-0.15, -0.1) is 0 Å². The molecular weight excluding hydrogens is 242 g/mol. The third-order valence-electron chi connectivity index (χ3n) is 3.41. The van der Waals surface area contributed by atoms with Crippen LogP contribution in [0, 0.1) is 13.8 Å². The van der Waals surface area contributed by atoms with Crippen LogP contribution < -0.4 is 4.74 Å². The van der Waals surface area contributed by atoms with Crippen LogP contribution >= 0.6 is 0 Å². The molecule has 0 bridgehead atoms. The standard InChI is InChI=1S/C15H21NO3/c1-11-8-12(2)15(18-3)13(9-11)10-14(17)16-4-6-19-7-5-16/h8-9H,4-7,10H2,1-3H3. The summed E-state index contributed by atoms with van der Waals surface area (Å²) in [5.41, 5.74) is 3.20. The number of carbonyl (C=O) groups is 1. The van der Waals surface area contributed by atoms with Crippen LogP contribution in [-0.4, -0.2) is 44.2 Å². The van der Waals surface area contributed by atoms with E-state index in [9.17, 15) is 4.79 Å². The minimum atomic E-state index is 0.145. The van der Waals surface area contributed by atoms with Crippen molar-refractivity contribution in [1.29, 1.82) is 0 Å². The topological polar surface area (TPSA) is 38.8 Å². The smallest absolute Gasteiger partial charge is 0.227 e. The number of morpholine rings is 1. The van der Waals surface area contributed by atoms with Crippen molar-refractivity contribution >= 4 is 5.91 Å². The lowest BCUT2D eigenvalue weighted by Gasteiger charge is -2.27. The highest BCUT2D eigenvalue weighted by Crippen LogP contribution is 2.26. The Hall–Kier alpha value is -1.55. The van der Waals surface area contributed by atoms with Gasteiger partial charge >= 0.3 is 0 Å². The van der Waals surface area contributed by atoms with Crippen LogP contribution in [0.2, 0.25) is 0 Å². The lowest BCUT2D eigenvalue weighted by molar-refractivity contribution is -0.134. The van der Waals surface area contributed by atoms with Crippen molar-refractivity contribution < 1.29 is 14.3 Å². The molecule has 1 heterocycles. The van der Waals surface area contributed by atoms with E-state index in [-0.39, 0.29) is 5.91 Å². The Labute approximate surface area is 114 Å². The fourth-order valence-corrected chi connectivity index (χ4v) is 2.55. The number of ether oxygens (including phenoxy) is 2. The molecule has 0 saturated carbocycles. The summed E-state index contributed by atoms with van der Waals surface area (Å²) in [7, 11) is 1.65. The van der Waals surface area contributed by atoms with Crippen molar-refractivity contribution in [3.05, 3.63) is 28.8 Å². The van der Waals surface area contributed by atoms with Gasteiger partial charge < -0.3 is 14.4 Å². The van der Waals surface area contributed by atoms with Gasteiger partial charge in [0.25, 0.3) is 0 Å². The Morgan fingerprint density at radius 3 is 2.63 bits per heavy atom. The van der Waals surface area contributed by atoms with Gasteiger partial charge in [0.1, 0.15) is 5.75 Å². The van der Waals surface area contributed by atoms with Crippen LogP contribution in [0.15, 0.2) is 12.1 Å². The summed E-state index contributed by atoms with van der Waals surface area (Å²) in [6.07, 6.45) is 0.395. The first kappa shape index (κ1) is 13.9. The second kappa shape index (κ2) is 6.06. The quantitative estimate of drug-likeness (QED) is 0.833. The molecule has 1 aliphatic heterocycles. The fraction of sp³-hybridized carbons (Fsp3) is 0.533. The van der Waals surface area contributed by atoms with Crippen molar-refractivity contribution in [2.24, 2.45) is 0 Å². The van der Waals surface area contributed by atoms with Crippen LogP contribution in [0.3, 0.4) is 0 Å². The zero-order chi connectivity index (χ0) is 13.8. The number of nitrogens with zero attached hydrogens (tertiary/aromatic N) is 1. The zero-order valence-corrected chi connectivity index (χ0v) is 11.9. The van der Waals surface area contributed by atoms with Crippen molar-refractivity contribution in [2.45, 2.75) is 20.3 Å². The molecule has 0 aromatic heterocycles. The Morgan fingerprint density at radius 1 is 1.32 bits per heavy atom. The Morgan fingerprint density at radius 2 is 2.00 bits per heavy atom. The molecule has 0 aliphatic carbocycles. The molecule has 1 aromatic carbocycles. The molecule has 0 spiro atoms. The molecule has 1 aliphatic rings. The maximum Gasteiger partial charge on any atom is 0.227 e. The molecule has 4 nitrogen and oxygen atoms in total. The number of carbonyl (C=O) groups excluding carboxylic acids is 1. The molecule has 4 heteroatoms. The van der Waals surface area contributed by atoms with Gasteiger partial charge in [0.2, 0.25) is 5.91 Å². The first-order valence-electron chi connectivity index (χ1n) is 6.61. The molecule has 0 N–H and O–H groups in total. The highest BCUT2D eigenvalue weighted by Gasteiger charge is 2.19. The number of aryl methyl sites for hydroxylation is 2. The zero-order valence-electron chi connectivity index (χ0n) is 11.9. The number of rotatable bonds is 3. The lowest BCUT2D eigenvalue weighted by atomic mass is 10.0. The number of benzene rings is 1. The second-order valence-corrected chi connectivity index (χ2v) is 4.94. The molecule has 1 fully saturated rings. The third kappa shape index (κ3) is 3.26. The van der Waals surface area contributed by atoms with Crippen molar-refractivity contribution in [3.63, 3.8) is 0 Å². The van der Waals surface area contributed by atoms with E-state index in [1.54, 1.807) is 7.11 Å². The molecule has 104 valence electrons. The average Bonchev–Trinajstić information content (AvgIpc) is 2.39. The molecular formula is C15H21NO3. The van der Waals surface area contributed by atoms with Crippen LogP contribution in [-0.2, 0) is 16.0 Å². The maximum absolute atomic E-state index is 12.3. The molecule has 0 atom stereocenters. The van der Waals surface area contributed by atoms with E-state index in [0.717, 1.165) is 22.4 Å². The highest BCUT2D eigenvalue weighted by molar-refractivity contribution is 5.80. The molecule has 0 unspecified atom stereocenters. The summed E-state index contributed by atoms with van der Waals surface area (Å²) >= 11 is 0. The largest absolute Gasteiger partial charge is 0.496 e. The third-order valence-corrected chi connectivity index (χ3v) is 3.41. The van der Waals surface area contributed by atoms with Crippen molar-refractivity contribution in [2.75, 3.05) is 33.4 Å². The molecule has 0 radical (unpaired) electrons. The van der Waals surface area contributed by atoms with E-state index in [2.05, 4.69) is 6.07 Å². The second-order valence-electron chi connectivity index (χ2n) is 4.94. The van der Waals surface area contributed by atoms with E-state index in [1.807, 2.05) is 24.8 Å². The van der Waals surface area contributed by atoms with Crippen LogP contribution in [0.1, 0.15) is 16.7 Å². The predicted molar refractivity (Wildman–Crippen MR) is 73.6 cm³/mol. The predicted octanol–water partition coefficient (Wildman–Crippen LogP) is 1.71. The van der Waals surface area contributed by atoms with E-state index in [1.165, 1.54) is 0 Å². The Kier molecular flexibility index (Phi) is 4.43. The molecule has 19 heavy (non-hydrogen) atoms. The summed E-state index contributed by atoms with van der Waals surface area (Å²) in [6.45, 7) is 6.69. The van der Waals surface area contributed by atoms with Gasteiger partial charge in [-0.25, -0.2) is 0 Å². The number of amides is 1. The molecule has 1 aromatic rings. The Balaban J connectivity index is 2.15. The van der Waals surface area contributed by atoms with Gasteiger partial charge in [0.15, 0.2) is 0 Å². The van der Waals surface area contributed by atoms with E-state index in [4.69, 9.17) is 9.47 Å². The minimum absolute atomic E-state index is 0.145. The highest BCUT2D eigenvalue weighted by atomic mass is 16.5. The molecule has 1 amide bonds. The number of hydrogen-bond acceptors (Lipinski definition) is 3. The van der Waals surface area contributed by atoms with Crippen LogP contribution in [0.4, 0.5) is 0 Å². The van der Waals surface area contributed by atoms with E-state index < -0.39 is 0 Å². The maximum atomic E-state index is 12.3. The Bertz CT molecular complexity index is 465. The summed E-state index contributed by atoms with van der Waals surface area (Å²) < 4.78 is 10.7. The average molecular weight is 263 g/mol. The molecule has 2 rings (SSSR count). The first-order valence-corrected chi connectivity index (χ1v) is 6.61. The summed E-state index contributed by atoms with van der Waals surface area (Å²) in [5.74, 6) is 0.971. The normalized spacial score (nSPS) is 15.4. The van der Waals surface area contributed by atoms with Gasteiger partial charge in [0.05, 0.1) is 26.7 Å². The van der Waals surface area contributed by atoms with Gasteiger partial charge in [-0.1, -0.05) is 17.7 Å². The molecule has 1 saturated heterocycles. The van der Waals surface area contributed by atoms with Gasteiger partial charge in [0, 0.05) is 18.7 Å². The lowest BCUT2D eigenvalue weighted by Crippen LogP contribution is -2.41. The summed E-state index contributed by atoms with van der Waals surface area (Å²) in [4.78, 5) is 14.1. The van der Waals surface area contributed by atoms with Gasteiger partial charge in [-0.3, -0.25) is 4.79 Å². The number of hydrogen-bond donors (Lipinski definition) is 0. The fourth-order valence-electron chi connectivity index (χ4n) is 2.55. The van der Waals surface area contributed by atoms with Gasteiger partial charge in [-0.05, 0) is 19.4 Å². The van der Waals surface area contributed by atoms with Gasteiger partial charge in [-0.2, -0.15) is 0 Å². The number of methoxy groups -OCH3 is 1. The van der Waals surface area contributed by atoms with Crippen LogP contribution in [0.25, 0.3) is 0 Å². The first-order chi connectivity index (χ1) is 9.11. The minimum Gasteiger partial charge on any atom is -0.496 e. The summed E-state index contributed by atoms with van der Waals surface area (Å²) in [6, 6.07) is 4.10. The monoisotopic (exact) mass is 263 g/mol. The van der Waals surface area contributed by atoms with E-state index >= 15 is 0 Å².